The predicted molar refractivity (Wildman–Crippen MR) is 250 cm³/mol. The first kappa shape index (κ1) is 48.3. The van der Waals surface area contributed by atoms with E-state index in [0.717, 1.165) is 27.8 Å². The van der Waals surface area contributed by atoms with Gasteiger partial charge in [0.15, 0.2) is 18.0 Å². The van der Waals surface area contributed by atoms with Gasteiger partial charge < -0.3 is 47.7 Å². The molecule has 2 aliphatic heterocycles. The highest BCUT2D eigenvalue weighted by atomic mass is 32.2. The van der Waals surface area contributed by atoms with Crippen molar-refractivity contribution in [2.24, 2.45) is 0 Å². The summed E-state index contributed by atoms with van der Waals surface area (Å²) in [5.74, 6) is 0. The zero-order valence-electron chi connectivity index (χ0n) is 37.6. The van der Waals surface area contributed by atoms with E-state index in [-0.39, 0.29) is 37.9 Å². The fourth-order valence-corrected chi connectivity index (χ4v) is 9.98. The lowest BCUT2D eigenvalue weighted by Gasteiger charge is -2.46. The van der Waals surface area contributed by atoms with Gasteiger partial charge in [0.2, 0.25) is 9.84 Å². The number of aliphatic hydroxyl groups excluding tert-OH is 1. The Morgan fingerprint density at radius 2 is 0.896 bits per heavy atom. The average molecular weight is 931 g/mol. The summed E-state index contributed by atoms with van der Waals surface area (Å²) in [7, 11) is -2.91. The van der Waals surface area contributed by atoms with E-state index < -0.39 is 70.6 Å². The first-order valence-corrected chi connectivity index (χ1v) is 24.0. The Kier molecular flexibility index (Phi) is 17.1. The fourth-order valence-electron chi connectivity index (χ4n) is 8.36. The van der Waals surface area contributed by atoms with Gasteiger partial charge in [-0.2, -0.15) is 0 Å². The molecule has 0 saturated carbocycles. The molecule has 67 heavy (non-hydrogen) atoms. The molecule has 0 aliphatic carbocycles. The van der Waals surface area contributed by atoms with Crippen molar-refractivity contribution in [1.82, 2.24) is 0 Å². The molecule has 2 aliphatic rings. The standard InChI is InChI=1S/C54H58O12S/c1-38-20-18-19-31-45(38)67(56,57)52(55)49-47(61-34-41-25-12-5-13-26-41)50(62-35-42-27-14-6-15-28-42)54(66-49)65-48-46(60-33-40-23-10-4-11-24-40)44(37-59-32-39-21-8-3-9-22-39)64-53(58-2)51(48)63-36-43-29-16-7-17-30-43/h3-31,44,46-55H,32-37H2,1-2H3/t44-,46-,47+,48+,49+,50-,51+,52?,53+,54+/m1/s1. The fraction of sp³-hybridized carbons (Fsp3) is 0.333. The number of ether oxygens (including phenoxy) is 9. The van der Waals surface area contributed by atoms with Crippen LogP contribution in [0.1, 0.15) is 33.4 Å². The highest BCUT2D eigenvalue weighted by Gasteiger charge is 2.57. The third-order valence-electron chi connectivity index (χ3n) is 11.9. The van der Waals surface area contributed by atoms with Gasteiger partial charge in [0.1, 0.15) is 42.7 Å². The second kappa shape index (κ2) is 23.7. The maximum Gasteiger partial charge on any atom is 0.207 e. The first-order chi connectivity index (χ1) is 32.8. The Morgan fingerprint density at radius 3 is 1.36 bits per heavy atom. The van der Waals surface area contributed by atoms with Crippen LogP contribution in [0.25, 0.3) is 0 Å². The SMILES string of the molecule is CO[C@H]1O[C@H](COCc2ccccc2)[C@@H](OCc2ccccc2)[C@H](O[C@H]2O[C@H](C(O)S(=O)(=O)c3ccccc3C)[C@H](OCc3ccccc3)[C@H]2OCc2ccccc2)[C@@H]1OCc1ccccc1. The molecule has 0 radical (unpaired) electrons. The lowest BCUT2D eigenvalue weighted by Crippen LogP contribution is -2.62. The van der Waals surface area contributed by atoms with Crippen molar-refractivity contribution in [3.8, 4) is 0 Å². The Labute approximate surface area is 393 Å². The van der Waals surface area contributed by atoms with Gasteiger partial charge in [-0.05, 0) is 46.4 Å². The van der Waals surface area contributed by atoms with Crippen LogP contribution in [0.2, 0.25) is 0 Å². The van der Waals surface area contributed by atoms with Crippen LogP contribution in [0.3, 0.4) is 0 Å². The molecule has 0 spiro atoms. The molecule has 10 atom stereocenters. The van der Waals surface area contributed by atoms with Crippen LogP contribution < -0.4 is 0 Å². The largest absolute Gasteiger partial charge is 0.375 e. The summed E-state index contributed by atoms with van der Waals surface area (Å²) < 4.78 is 88.8. The third-order valence-corrected chi connectivity index (χ3v) is 13.8. The maximum absolute atomic E-state index is 14.5. The molecule has 1 N–H and O–H groups in total. The summed E-state index contributed by atoms with van der Waals surface area (Å²) in [6, 6.07) is 54.7. The van der Waals surface area contributed by atoms with Gasteiger partial charge in [-0.1, -0.05) is 170 Å². The molecule has 2 heterocycles. The normalized spacial score (nSPS) is 24.6. The minimum Gasteiger partial charge on any atom is -0.375 e. The molecule has 1 unspecified atom stereocenters. The predicted octanol–water partition coefficient (Wildman–Crippen LogP) is 8.13. The molecule has 2 fully saturated rings. The molecule has 0 aromatic heterocycles. The molecule has 2 saturated heterocycles. The van der Waals surface area contributed by atoms with Gasteiger partial charge >= 0.3 is 0 Å². The van der Waals surface area contributed by atoms with Gasteiger partial charge in [0.05, 0.1) is 44.5 Å². The zero-order chi connectivity index (χ0) is 46.4. The minimum absolute atomic E-state index is 0.0338. The monoisotopic (exact) mass is 930 g/mol. The number of methoxy groups -OCH3 is 1. The van der Waals surface area contributed by atoms with E-state index in [1.165, 1.54) is 13.2 Å². The van der Waals surface area contributed by atoms with E-state index in [1.807, 2.05) is 152 Å². The van der Waals surface area contributed by atoms with Gasteiger partial charge in [-0.25, -0.2) is 8.42 Å². The number of sulfone groups is 1. The van der Waals surface area contributed by atoms with Crippen molar-refractivity contribution in [2.75, 3.05) is 13.7 Å². The van der Waals surface area contributed by atoms with Crippen molar-refractivity contribution in [3.05, 3.63) is 209 Å². The minimum atomic E-state index is -4.44. The molecule has 0 amide bonds. The Morgan fingerprint density at radius 1 is 0.493 bits per heavy atom. The Hall–Kier alpha value is -5.13. The second-order valence-corrected chi connectivity index (χ2v) is 18.6. The molecule has 13 heteroatoms. The summed E-state index contributed by atoms with van der Waals surface area (Å²) in [5.41, 5.74) is 2.81. The Bertz CT molecular complexity index is 2480. The van der Waals surface area contributed by atoms with Crippen molar-refractivity contribution in [1.29, 1.82) is 0 Å². The third kappa shape index (κ3) is 12.5. The zero-order valence-corrected chi connectivity index (χ0v) is 38.4. The van der Waals surface area contributed by atoms with Crippen LogP contribution in [0.15, 0.2) is 181 Å². The molecule has 0 bridgehead atoms. The number of hydrogen-bond donors (Lipinski definition) is 1. The molecule has 6 aromatic carbocycles. The molecule has 12 nitrogen and oxygen atoms in total. The quantitative estimate of drug-likeness (QED) is 0.0704. The highest BCUT2D eigenvalue weighted by molar-refractivity contribution is 7.92. The topological polar surface area (TPSA) is 137 Å². The summed E-state index contributed by atoms with van der Waals surface area (Å²) in [5, 5.41) is 12.2. The van der Waals surface area contributed by atoms with Gasteiger partial charge in [0, 0.05) is 7.11 Å². The highest BCUT2D eigenvalue weighted by Crippen LogP contribution is 2.38. The van der Waals surface area contributed by atoms with Crippen LogP contribution in [0.4, 0.5) is 0 Å². The summed E-state index contributed by atoms with van der Waals surface area (Å²) in [6.45, 7) is 2.53. The van der Waals surface area contributed by atoms with E-state index in [1.54, 1.807) is 25.1 Å². The van der Waals surface area contributed by atoms with E-state index >= 15 is 0 Å². The van der Waals surface area contributed by atoms with Crippen LogP contribution in [-0.2, 0) is 85.5 Å². The van der Waals surface area contributed by atoms with Crippen molar-refractivity contribution < 1.29 is 56.2 Å². The van der Waals surface area contributed by atoms with E-state index in [0.29, 0.717) is 12.2 Å². The number of benzene rings is 6. The van der Waals surface area contributed by atoms with E-state index in [2.05, 4.69) is 0 Å². The van der Waals surface area contributed by atoms with Crippen molar-refractivity contribution in [3.63, 3.8) is 0 Å². The second-order valence-electron chi connectivity index (χ2n) is 16.6. The average Bonchev–Trinajstić information content (AvgIpc) is 3.71. The lowest BCUT2D eigenvalue weighted by atomic mass is 9.97. The summed E-state index contributed by atoms with van der Waals surface area (Å²) >= 11 is 0. The number of rotatable bonds is 22. The van der Waals surface area contributed by atoms with Crippen LogP contribution in [0.5, 0.6) is 0 Å². The molecule has 352 valence electrons. The van der Waals surface area contributed by atoms with Gasteiger partial charge in [0.25, 0.3) is 0 Å². The number of aryl methyl sites for hydroxylation is 1. The first-order valence-electron chi connectivity index (χ1n) is 22.5. The van der Waals surface area contributed by atoms with Crippen LogP contribution in [0, 0.1) is 6.92 Å². The maximum atomic E-state index is 14.5. The van der Waals surface area contributed by atoms with Gasteiger partial charge in [-0.3, -0.25) is 0 Å². The van der Waals surface area contributed by atoms with Crippen LogP contribution >= 0.6 is 0 Å². The number of aliphatic hydroxyl groups is 1. The Balaban J connectivity index is 1.19. The summed E-state index contributed by atoms with van der Waals surface area (Å²) in [4.78, 5) is -0.0338. The van der Waals surface area contributed by atoms with E-state index in [9.17, 15) is 13.5 Å². The molecule has 6 aromatic rings. The lowest BCUT2D eigenvalue weighted by molar-refractivity contribution is -0.344. The smallest absolute Gasteiger partial charge is 0.207 e. The molecular weight excluding hydrogens is 873 g/mol. The van der Waals surface area contributed by atoms with Crippen molar-refractivity contribution in [2.45, 2.75) is 106 Å². The van der Waals surface area contributed by atoms with Gasteiger partial charge in [-0.15, -0.1) is 0 Å². The molecular formula is C54H58O12S. The van der Waals surface area contributed by atoms with Crippen molar-refractivity contribution >= 4 is 9.84 Å². The number of hydrogen-bond acceptors (Lipinski definition) is 12. The summed E-state index contributed by atoms with van der Waals surface area (Å²) in [6.07, 6.45) is -9.73. The molecule has 8 rings (SSSR count). The van der Waals surface area contributed by atoms with E-state index in [4.69, 9.17) is 42.6 Å². The van der Waals surface area contributed by atoms with Crippen LogP contribution in [-0.4, -0.2) is 88.0 Å².